The van der Waals surface area contributed by atoms with Crippen molar-refractivity contribution in [2.75, 3.05) is 13.1 Å². The van der Waals surface area contributed by atoms with Crippen molar-refractivity contribution in [3.8, 4) is 0 Å². The van der Waals surface area contributed by atoms with E-state index in [0.29, 0.717) is 5.92 Å². The predicted molar refractivity (Wildman–Crippen MR) is 68.9 cm³/mol. The molecule has 1 aromatic carbocycles. The second-order valence-corrected chi connectivity index (χ2v) is 5.64. The number of benzene rings is 1. The van der Waals surface area contributed by atoms with Crippen LogP contribution < -0.4 is 24.0 Å². The van der Waals surface area contributed by atoms with E-state index in [0.717, 1.165) is 25.9 Å². The fraction of sp³-hybridized carbons (Fsp3) is 0.533. The summed E-state index contributed by atoms with van der Waals surface area (Å²) in [7, 11) is 0. The van der Waals surface area contributed by atoms with Crippen LogP contribution in [0.15, 0.2) is 30.3 Å². The van der Waals surface area contributed by atoms with Gasteiger partial charge in [0.05, 0.1) is 11.5 Å². The molecule has 0 spiro atoms. The van der Waals surface area contributed by atoms with Crippen LogP contribution >= 0.6 is 0 Å². The number of carbonyl (C=O) groups is 1. The molecule has 19 heavy (non-hydrogen) atoms. The number of aliphatic carboxylic acids is 1. The molecule has 1 aliphatic heterocycles. The molecule has 1 aliphatic rings. The summed E-state index contributed by atoms with van der Waals surface area (Å²) < 4.78 is 0. The zero-order chi connectivity index (χ0) is 13.2. The molecule has 1 unspecified atom stereocenters. The fourth-order valence-corrected chi connectivity index (χ4v) is 2.58. The van der Waals surface area contributed by atoms with Gasteiger partial charge in [-0.05, 0) is 44.7 Å². The number of likely N-dealkylation sites (tertiary alicyclic amines) is 1. The van der Waals surface area contributed by atoms with E-state index in [1.165, 1.54) is 5.56 Å². The molecular weight excluding hydrogens is 233 g/mol. The molecule has 1 aromatic rings. The third-order valence-corrected chi connectivity index (χ3v) is 3.94. The Morgan fingerprint density at radius 1 is 1.37 bits per heavy atom. The van der Waals surface area contributed by atoms with Gasteiger partial charge in [-0.25, -0.2) is 0 Å². The summed E-state index contributed by atoms with van der Waals surface area (Å²) in [6.45, 7) is 5.15. The van der Waals surface area contributed by atoms with E-state index in [-0.39, 0.29) is 18.9 Å². The Labute approximate surface area is 127 Å². The average molecular weight is 253 g/mol. The Bertz CT molecular complexity index is 419. The first kappa shape index (κ1) is 16.3. The predicted octanol–water partition coefficient (Wildman–Crippen LogP) is -1.92. The van der Waals surface area contributed by atoms with Crippen LogP contribution in [0.3, 0.4) is 0 Å². The first-order valence-electron chi connectivity index (χ1n) is 6.50. The second-order valence-electron chi connectivity index (χ2n) is 5.64. The minimum absolute atomic E-state index is 0. The van der Waals surface area contributed by atoms with Crippen molar-refractivity contribution in [1.29, 1.82) is 0 Å². The Hall–Kier alpha value is -0.753. The first-order valence-corrected chi connectivity index (χ1v) is 6.50. The Kier molecular flexibility index (Phi) is 5.67. The van der Waals surface area contributed by atoms with Crippen LogP contribution in [-0.4, -0.2) is 29.5 Å². The summed E-state index contributed by atoms with van der Waals surface area (Å²) in [5.74, 6) is -0.436. The third-order valence-electron chi connectivity index (χ3n) is 3.94. The van der Waals surface area contributed by atoms with Crippen LogP contribution in [0.25, 0.3) is 0 Å². The van der Waals surface area contributed by atoms with Gasteiger partial charge in [0.1, 0.15) is 0 Å². The van der Waals surface area contributed by atoms with Crippen molar-refractivity contribution < 1.29 is 28.8 Å². The zero-order valence-corrected chi connectivity index (χ0v) is 12.1. The molecular formula is C15H20LiNO2. The molecule has 4 heteroatoms. The van der Waals surface area contributed by atoms with E-state index in [1.54, 1.807) is 13.8 Å². The summed E-state index contributed by atoms with van der Waals surface area (Å²) in [5, 5.41) is 11.1. The molecule has 1 atom stereocenters. The SMILES string of the molecule is CC(C)(C(=O)[O-])N1CCC(Cc2ccccc2)C1.[Li+]. The topological polar surface area (TPSA) is 43.4 Å². The van der Waals surface area contributed by atoms with Gasteiger partial charge in [-0.2, -0.15) is 0 Å². The van der Waals surface area contributed by atoms with E-state index < -0.39 is 11.5 Å². The summed E-state index contributed by atoms with van der Waals surface area (Å²) in [4.78, 5) is 13.1. The van der Waals surface area contributed by atoms with Crippen molar-refractivity contribution in [3.05, 3.63) is 35.9 Å². The van der Waals surface area contributed by atoms with Crippen molar-refractivity contribution >= 4 is 5.97 Å². The van der Waals surface area contributed by atoms with Crippen molar-refractivity contribution in [2.24, 2.45) is 5.92 Å². The summed E-state index contributed by atoms with van der Waals surface area (Å²) >= 11 is 0. The van der Waals surface area contributed by atoms with Crippen LogP contribution in [0.4, 0.5) is 0 Å². The monoisotopic (exact) mass is 253 g/mol. The maximum absolute atomic E-state index is 11.1. The minimum atomic E-state index is -0.983. The van der Waals surface area contributed by atoms with Gasteiger partial charge in [-0.15, -0.1) is 0 Å². The molecule has 0 bridgehead atoms. The number of rotatable bonds is 4. The minimum Gasteiger partial charge on any atom is -0.548 e. The summed E-state index contributed by atoms with van der Waals surface area (Å²) in [6, 6.07) is 10.4. The molecule has 0 N–H and O–H groups in total. The maximum Gasteiger partial charge on any atom is 1.00 e. The third kappa shape index (κ3) is 3.86. The summed E-state index contributed by atoms with van der Waals surface area (Å²) in [6.07, 6.45) is 2.09. The normalized spacial score (nSPS) is 20.0. The van der Waals surface area contributed by atoms with Crippen LogP contribution in [-0.2, 0) is 11.2 Å². The van der Waals surface area contributed by atoms with Crippen LogP contribution in [0.1, 0.15) is 25.8 Å². The van der Waals surface area contributed by atoms with E-state index >= 15 is 0 Å². The molecule has 0 aromatic heterocycles. The molecule has 1 heterocycles. The Balaban J connectivity index is 0.00000180. The number of hydrogen-bond acceptors (Lipinski definition) is 3. The van der Waals surface area contributed by atoms with Gasteiger partial charge in [0, 0.05) is 6.54 Å². The van der Waals surface area contributed by atoms with E-state index in [1.807, 2.05) is 23.1 Å². The van der Waals surface area contributed by atoms with Gasteiger partial charge in [0.15, 0.2) is 0 Å². The molecule has 2 rings (SSSR count). The van der Waals surface area contributed by atoms with Crippen molar-refractivity contribution in [3.63, 3.8) is 0 Å². The Morgan fingerprint density at radius 2 is 2.00 bits per heavy atom. The molecule has 0 saturated carbocycles. The van der Waals surface area contributed by atoms with Crippen molar-refractivity contribution in [1.82, 2.24) is 4.90 Å². The van der Waals surface area contributed by atoms with Crippen LogP contribution in [0, 0.1) is 5.92 Å². The maximum atomic E-state index is 11.1. The number of nitrogens with zero attached hydrogens (tertiary/aromatic N) is 1. The second kappa shape index (κ2) is 6.61. The molecule has 98 valence electrons. The standard InChI is InChI=1S/C15H21NO2.Li/c1-15(2,14(17)18)16-9-8-13(11-16)10-12-6-4-3-5-7-12;/h3-7,13H,8-11H2,1-2H3,(H,17,18);/q;+1/p-1. The van der Waals surface area contributed by atoms with E-state index in [4.69, 9.17) is 0 Å². The quantitative estimate of drug-likeness (QED) is 0.588. The Morgan fingerprint density at radius 3 is 2.58 bits per heavy atom. The number of carboxylic acids is 1. The molecule has 0 aliphatic carbocycles. The summed E-state index contributed by atoms with van der Waals surface area (Å²) in [5.41, 5.74) is 0.474. The molecule has 0 radical (unpaired) electrons. The molecule has 3 nitrogen and oxygen atoms in total. The number of carboxylic acid groups (broad SMARTS) is 1. The van der Waals surface area contributed by atoms with Crippen LogP contribution in [0.5, 0.6) is 0 Å². The zero-order valence-electron chi connectivity index (χ0n) is 12.1. The first-order chi connectivity index (χ1) is 8.50. The van der Waals surface area contributed by atoms with Crippen molar-refractivity contribution in [2.45, 2.75) is 32.2 Å². The number of hydrogen-bond donors (Lipinski definition) is 0. The largest absolute Gasteiger partial charge is 1.00 e. The van der Waals surface area contributed by atoms with Crippen LogP contribution in [0.2, 0.25) is 0 Å². The average Bonchev–Trinajstić information content (AvgIpc) is 2.79. The van der Waals surface area contributed by atoms with Gasteiger partial charge in [-0.1, -0.05) is 30.3 Å². The van der Waals surface area contributed by atoms with E-state index in [9.17, 15) is 9.90 Å². The van der Waals surface area contributed by atoms with Gasteiger partial charge in [-0.3, -0.25) is 4.90 Å². The molecule has 0 amide bonds. The fourth-order valence-electron chi connectivity index (χ4n) is 2.58. The van der Waals surface area contributed by atoms with Gasteiger partial charge < -0.3 is 9.90 Å². The molecule has 1 saturated heterocycles. The van der Waals surface area contributed by atoms with E-state index in [2.05, 4.69) is 12.1 Å². The molecule has 1 fully saturated rings. The van der Waals surface area contributed by atoms with Gasteiger partial charge >= 0.3 is 18.9 Å². The van der Waals surface area contributed by atoms with Gasteiger partial charge in [0.25, 0.3) is 0 Å². The number of carbonyl (C=O) groups excluding carboxylic acids is 1. The van der Waals surface area contributed by atoms with Gasteiger partial charge in [0.2, 0.25) is 0 Å². The smallest absolute Gasteiger partial charge is 0.548 e.